The molecule has 1 saturated heterocycles. The Bertz CT molecular complexity index is 1050. The first-order valence-electron chi connectivity index (χ1n) is 11.2. The van der Waals surface area contributed by atoms with Crippen LogP contribution >= 0.6 is 0 Å². The van der Waals surface area contributed by atoms with E-state index in [0.29, 0.717) is 12.3 Å². The maximum atomic E-state index is 12.2. The van der Waals surface area contributed by atoms with Gasteiger partial charge in [-0.2, -0.15) is 0 Å². The molecule has 32 heavy (non-hydrogen) atoms. The Morgan fingerprint density at radius 3 is 2.50 bits per heavy atom. The number of benzene rings is 2. The van der Waals surface area contributed by atoms with Crippen molar-refractivity contribution < 1.29 is 19.1 Å². The first kappa shape index (κ1) is 22.0. The minimum atomic E-state index is -1.21. The van der Waals surface area contributed by atoms with E-state index in [1.807, 2.05) is 6.07 Å². The van der Waals surface area contributed by atoms with Gasteiger partial charge in [0.1, 0.15) is 0 Å². The lowest BCUT2D eigenvalue weighted by atomic mass is 9.91. The van der Waals surface area contributed by atoms with E-state index < -0.39 is 5.97 Å². The maximum absolute atomic E-state index is 12.2. The predicted molar refractivity (Wildman–Crippen MR) is 122 cm³/mol. The number of aromatic carboxylic acids is 1. The number of likely N-dealkylation sites (tertiary alicyclic amines) is 1. The van der Waals surface area contributed by atoms with E-state index >= 15 is 0 Å². The molecular weight excluding hydrogens is 404 g/mol. The van der Waals surface area contributed by atoms with Crippen LogP contribution in [-0.2, 0) is 6.54 Å². The zero-order chi connectivity index (χ0) is 22.3. The fourth-order valence-electron chi connectivity index (χ4n) is 4.33. The summed E-state index contributed by atoms with van der Waals surface area (Å²) in [6, 6.07) is 19.2. The molecule has 1 aliphatic rings. The number of rotatable bonds is 9. The minimum Gasteiger partial charge on any atom is -0.475 e. The van der Waals surface area contributed by atoms with E-state index in [4.69, 9.17) is 9.52 Å². The van der Waals surface area contributed by atoms with Gasteiger partial charge in [-0.1, -0.05) is 48.5 Å². The number of Topliss-reactive ketones (excluding diaryl/α,β-unsaturated/α-hetero) is 1. The molecule has 0 aliphatic carbocycles. The molecule has 166 valence electrons. The topological polar surface area (TPSA) is 83.6 Å². The normalized spacial score (nSPS) is 15.0. The van der Waals surface area contributed by atoms with Crippen LogP contribution < -0.4 is 0 Å². The Morgan fingerprint density at radius 1 is 1.03 bits per heavy atom. The molecular formula is C26H28N2O4. The van der Waals surface area contributed by atoms with Gasteiger partial charge in [-0.05, 0) is 67.4 Å². The van der Waals surface area contributed by atoms with Crippen LogP contribution in [0.15, 0.2) is 65.2 Å². The van der Waals surface area contributed by atoms with Gasteiger partial charge in [0.15, 0.2) is 0 Å². The zero-order valence-electron chi connectivity index (χ0n) is 18.1. The van der Waals surface area contributed by atoms with Crippen LogP contribution in [0.2, 0.25) is 0 Å². The van der Waals surface area contributed by atoms with Gasteiger partial charge in [-0.25, -0.2) is 9.78 Å². The number of carboxylic acids is 1. The molecule has 0 spiro atoms. The molecule has 0 bridgehead atoms. The smallest absolute Gasteiger partial charge is 0.373 e. The molecule has 0 unspecified atom stereocenters. The SMILES string of the molecule is O=C(O)c1cnc(C(=O)CCCC2CCN(Cc3cccc(-c4ccccc4)c3)CC2)o1. The third kappa shape index (κ3) is 5.71. The van der Waals surface area contributed by atoms with E-state index in [1.165, 1.54) is 16.7 Å². The summed E-state index contributed by atoms with van der Waals surface area (Å²) in [5, 5.41) is 8.86. The summed E-state index contributed by atoms with van der Waals surface area (Å²) in [5.41, 5.74) is 3.83. The Labute approximate surface area is 187 Å². The largest absolute Gasteiger partial charge is 0.475 e. The number of carboxylic acid groups (broad SMARTS) is 1. The van der Waals surface area contributed by atoms with Crippen LogP contribution in [0.3, 0.4) is 0 Å². The molecule has 0 saturated carbocycles. The highest BCUT2D eigenvalue weighted by molar-refractivity contribution is 5.93. The van der Waals surface area contributed by atoms with E-state index in [9.17, 15) is 9.59 Å². The van der Waals surface area contributed by atoms with E-state index in [2.05, 4.69) is 58.4 Å². The highest BCUT2D eigenvalue weighted by Gasteiger charge is 2.21. The van der Waals surface area contributed by atoms with Gasteiger partial charge in [0.25, 0.3) is 5.89 Å². The molecule has 1 aliphatic heterocycles. The molecule has 4 rings (SSSR count). The monoisotopic (exact) mass is 432 g/mol. The summed E-state index contributed by atoms with van der Waals surface area (Å²) in [6.45, 7) is 3.09. The molecule has 0 amide bonds. The minimum absolute atomic E-state index is 0.102. The average molecular weight is 433 g/mol. The van der Waals surface area contributed by atoms with Crippen LogP contribution in [0.4, 0.5) is 0 Å². The number of nitrogens with zero attached hydrogens (tertiary/aromatic N) is 2. The quantitative estimate of drug-likeness (QED) is 0.462. The van der Waals surface area contributed by atoms with Crippen molar-refractivity contribution >= 4 is 11.8 Å². The second kappa shape index (κ2) is 10.4. The number of hydrogen-bond acceptors (Lipinski definition) is 5. The molecule has 3 aromatic rings. The summed E-state index contributed by atoms with van der Waals surface area (Å²) >= 11 is 0. The van der Waals surface area contributed by atoms with Gasteiger partial charge < -0.3 is 9.52 Å². The second-order valence-corrected chi connectivity index (χ2v) is 8.44. The number of aromatic nitrogens is 1. The van der Waals surface area contributed by atoms with Gasteiger partial charge in [0.05, 0.1) is 6.20 Å². The molecule has 2 aromatic carbocycles. The van der Waals surface area contributed by atoms with Crippen molar-refractivity contribution in [3.8, 4) is 11.1 Å². The Balaban J connectivity index is 1.20. The van der Waals surface area contributed by atoms with Crippen molar-refractivity contribution in [2.75, 3.05) is 13.1 Å². The summed E-state index contributed by atoms with van der Waals surface area (Å²) in [7, 11) is 0. The standard InChI is InChI=1S/C26H28N2O4/c29-23(25-27-17-24(32-25)26(30)31)11-5-6-19-12-14-28(15-13-19)18-20-7-4-10-22(16-20)21-8-2-1-3-9-21/h1-4,7-10,16-17,19H,5-6,11-15,18H2,(H,30,31). The molecule has 0 radical (unpaired) electrons. The summed E-state index contributed by atoms with van der Waals surface area (Å²) < 4.78 is 4.99. The van der Waals surface area contributed by atoms with Crippen molar-refractivity contribution in [3.05, 3.63) is 78.0 Å². The van der Waals surface area contributed by atoms with Crippen molar-refractivity contribution in [2.24, 2.45) is 5.92 Å². The third-order valence-electron chi connectivity index (χ3n) is 6.12. The van der Waals surface area contributed by atoms with Gasteiger partial charge >= 0.3 is 5.97 Å². The molecule has 2 heterocycles. The van der Waals surface area contributed by atoms with Gasteiger partial charge in [0.2, 0.25) is 11.5 Å². The Kier molecular flexibility index (Phi) is 7.12. The Hall–Kier alpha value is -3.25. The number of ketones is 1. The highest BCUT2D eigenvalue weighted by Crippen LogP contribution is 2.25. The average Bonchev–Trinajstić information content (AvgIpc) is 3.32. The van der Waals surface area contributed by atoms with Crippen LogP contribution in [0.1, 0.15) is 58.9 Å². The lowest BCUT2D eigenvalue weighted by Gasteiger charge is -2.32. The summed E-state index contributed by atoms with van der Waals surface area (Å²) in [6.07, 6.45) is 5.46. The summed E-state index contributed by atoms with van der Waals surface area (Å²) in [4.78, 5) is 29.3. The number of oxazole rings is 1. The fraction of sp³-hybridized carbons (Fsp3) is 0.346. The van der Waals surface area contributed by atoms with E-state index in [1.54, 1.807) is 0 Å². The fourth-order valence-corrected chi connectivity index (χ4v) is 4.33. The highest BCUT2D eigenvalue weighted by atomic mass is 16.4. The van der Waals surface area contributed by atoms with Crippen LogP contribution in [0, 0.1) is 5.92 Å². The molecule has 6 heteroatoms. The van der Waals surface area contributed by atoms with Gasteiger partial charge in [0, 0.05) is 13.0 Å². The number of piperidine rings is 1. The second-order valence-electron chi connectivity index (χ2n) is 8.44. The molecule has 1 N–H and O–H groups in total. The predicted octanol–water partition coefficient (Wildman–Crippen LogP) is 5.31. The van der Waals surface area contributed by atoms with Crippen molar-refractivity contribution in [3.63, 3.8) is 0 Å². The van der Waals surface area contributed by atoms with Crippen LogP contribution in [0.25, 0.3) is 11.1 Å². The molecule has 1 aromatic heterocycles. The van der Waals surface area contributed by atoms with Crippen LogP contribution in [-0.4, -0.2) is 39.8 Å². The Morgan fingerprint density at radius 2 is 1.78 bits per heavy atom. The lowest BCUT2D eigenvalue weighted by Crippen LogP contribution is -2.33. The van der Waals surface area contributed by atoms with E-state index in [0.717, 1.165) is 51.5 Å². The zero-order valence-corrected chi connectivity index (χ0v) is 18.1. The number of carbonyl (C=O) groups is 2. The van der Waals surface area contributed by atoms with Crippen molar-refractivity contribution in [1.82, 2.24) is 9.88 Å². The van der Waals surface area contributed by atoms with Crippen molar-refractivity contribution in [1.29, 1.82) is 0 Å². The molecule has 0 atom stereocenters. The van der Waals surface area contributed by atoms with Crippen molar-refractivity contribution in [2.45, 2.75) is 38.6 Å². The lowest BCUT2D eigenvalue weighted by molar-refractivity contribution is 0.0659. The first-order valence-corrected chi connectivity index (χ1v) is 11.2. The summed E-state index contributed by atoms with van der Waals surface area (Å²) in [5.74, 6) is -1.22. The number of hydrogen-bond donors (Lipinski definition) is 1. The maximum Gasteiger partial charge on any atom is 0.373 e. The molecule has 6 nitrogen and oxygen atoms in total. The molecule has 1 fully saturated rings. The van der Waals surface area contributed by atoms with E-state index in [-0.39, 0.29) is 17.4 Å². The van der Waals surface area contributed by atoms with Gasteiger partial charge in [-0.15, -0.1) is 0 Å². The van der Waals surface area contributed by atoms with Gasteiger partial charge in [-0.3, -0.25) is 9.69 Å². The first-order chi connectivity index (χ1) is 15.6. The number of carbonyl (C=O) groups excluding carboxylic acids is 1. The third-order valence-corrected chi connectivity index (χ3v) is 6.12. The van der Waals surface area contributed by atoms with Crippen LogP contribution in [0.5, 0.6) is 0 Å².